The molecule has 0 radical (unpaired) electrons. The molecule has 8 aromatic heterocycles. The number of nitrogens with one attached hydrogen (secondary N) is 4. The number of amides is 4. The highest BCUT2D eigenvalue weighted by molar-refractivity contribution is 6.44. The van der Waals surface area contributed by atoms with Crippen LogP contribution in [0.25, 0.3) is 67.1 Å². The average molecular weight is 1920 g/mol. The van der Waals surface area contributed by atoms with E-state index in [2.05, 4.69) is 89.5 Å². The maximum Gasteiger partial charge on any atom is 0.255 e. The predicted octanol–water partition coefficient (Wildman–Crippen LogP) is 24.5. The highest BCUT2D eigenvalue weighted by atomic mass is 35.5. The Balaban J connectivity index is 0.000000125. The van der Waals surface area contributed by atoms with Crippen LogP contribution in [0.2, 0.25) is 25.1 Å². The summed E-state index contributed by atoms with van der Waals surface area (Å²) in [5.41, 5.74) is 20.7. The summed E-state index contributed by atoms with van der Waals surface area (Å²) in [6, 6.07) is 49.2. The zero-order valence-corrected chi connectivity index (χ0v) is 79.7. The minimum atomic E-state index is -1.56. The molecule has 0 unspecified atom stereocenters. The Kier molecular flexibility index (Phi) is 27.1. The Bertz CT molecular complexity index is 7180. The van der Waals surface area contributed by atoms with E-state index >= 15 is 0 Å². The predicted molar refractivity (Wildman–Crippen MR) is 517 cm³/mol. The lowest BCUT2D eigenvalue weighted by molar-refractivity contribution is 0.0913. The van der Waals surface area contributed by atoms with Gasteiger partial charge in [-0.1, -0.05) is 235 Å². The summed E-state index contributed by atoms with van der Waals surface area (Å²) in [6.45, 7) is 24.4. The highest BCUT2D eigenvalue weighted by Crippen LogP contribution is 2.45. The number of benzene rings is 8. The van der Waals surface area contributed by atoms with E-state index in [1.165, 1.54) is 39.0 Å². The van der Waals surface area contributed by atoms with Crippen LogP contribution in [0.3, 0.4) is 0 Å². The number of fused-ring (bicyclic) bond motifs is 8. The van der Waals surface area contributed by atoms with Crippen molar-refractivity contribution in [2.75, 3.05) is 13.2 Å². The fraction of sp³-hybridized carbons (Fsp3) is 0.269. The number of ether oxygens (including phenoxy) is 2. The maximum atomic E-state index is 14.6. The molecule has 31 heteroatoms. The molecule has 0 bridgehead atoms. The van der Waals surface area contributed by atoms with Crippen molar-refractivity contribution < 1.29 is 46.2 Å². The van der Waals surface area contributed by atoms with Crippen molar-refractivity contribution in [2.24, 2.45) is 0 Å². The van der Waals surface area contributed by atoms with Gasteiger partial charge in [0.05, 0.1) is 153 Å². The van der Waals surface area contributed by atoms with Crippen LogP contribution < -0.4 is 30.7 Å². The molecule has 0 fully saturated rings. The van der Waals surface area contributed by atoms with E-state index in [1.807, 2.05) is 159 Å². The van der Waals surface area contributed by atoms with Crippen molar-refractivity contribution >= 4 is 104 Å². The van der Waals surface area contributed by atoms with Gasteiger partial charge in [-0.15, -0.1) is 0 Å². The Morgan fingerprint density at radius 3 is 0.993 bits per heavy atom. The number of aryl methyl sites for hydroxylation is 6. The molecular weight excluding hydrogens is 1820 g/mol. The van der Waals surface area contributed by atoms with Crippen LogP contribution >= 0.6 is 58.0 Å². The first-order valence-corrected chi connectivity index (χ1v) is 46.6. The Labute approximate surface area is 801 Å². The van der Waals surface area contributed by atoms with E-state index in [1.54, 1.807) is 63.3 Å². The van der Waals surface area contributed by atoms with Crippen molar-refractivity contribution in [3.8, 4) is 56.0 Å². The topological polar surface area (TPSA) is 256 Å². The quantitative estimate of drug-likeness (QED) is 0.0518. The lowest BCUT2D eigenvalue weighted by Crippen LogP contribution is -2.33. The molecule has 4 aliphatic rings. The third-order valence-electron chi connectivity index (χ3n) is 25.0. The first-order chi connectivity index (χ1) is 64.9. The van der Waals surface area contributed by atoms with E-state index in [0.29, 0.717) is 114 Å². The van der Waals surface area contributed by atoms with Crippen LogP contribution in [0.4, 0.5) is 17.6 Å². The Morgan fingerprint density at radius 2 is 0.644 bits per heavy atom. The van der Waals surface area contributed by atoms with Crippen molar-refractivity contribution in [1.82, 2.24) is 79.7 Å². The molecule has 690 valence electrons. The lowest BCUT2D eigenvalue weighted by atomic mass is 9.99. The molecular formula is C104H95Cl5F4N16O6. The molecule has 8 aromatic carbocycles. The molecule has 22 nitrogen and oxygen atoms in total. The fourth-order valence-corrected chi connectivity index (χ4v) is 19.8. The van der Waals surface area contributed by atoms with E-state index in [9.17, 15) is 36.7 Å². The normalized spacial score (nSPS) is 15.3. The van der Waals surface area contributed by atoms with E-state index < -0.39 is 23.3 Å². The molecule has 0 spiro atoms. The van der Waals surface area contributed by atoms with Crippen molar-refractivity contribution in [3.63, 3.8) is 0 Å². The summed E-state index contributed by atoms with van der Waals surface area (Å²) >= 11 is 31.8. The van der Waals surface area contributed by atoms with Gasteiger partial charge in [0.15, 0.2) is 40.0 Å². The molecule has 4 amide bonds. The fourth-order valence-electron chi connectivity index (χ4n) is 18.8. The Morgan fingerprint density at radius 1 is 0.341 bits per heavy atom. The third-order valence-corrected chi connectivity index (χ3v) is 27.0. The summed E-state index contributed by atoms with van der Waals surface area (Å²) in [4.78, 5) is 72.0. The monoisotopic (exact) mass is 1910 g/mol. The first kappa shape index (κ1) is 93.7. The summed E-state index contributed by atoms with van der Waals surface area (Å²) in [7, 11) is 0. The van der Waals surface area contributed by atoms with Gasteiger partial charge in [-0.3, -0.25) is 19.2 Å². The van der Waals surface area contributed by atoms with Crippen LogP contribution in [-0.4, -0.2) is 95.2 Å². The second kappa shape index (κ2) is 39.1. The number of carbonyl (C=O) groups excluding carboxylic acids is 4. The molecule has 2 aliphatic heterocycles. The molecule has 4 atom stereocenters. The molecule has 0 saturated carbocycles. The lowest BCUT2D eigenvalue weighted by Gasteiger charge is -2.27. The first-order valence-electron chi connectivity index (χ1n) is 44.7. The number of carbonyl (C=O) groups is 4. The molecule has 20 rings (SSSR count). The summed E-state index contributed by atoms with van der Waals surface area (Å²) in [5.74, 6) is -3.97. The number of halogens is 9. The van der Waals surface area contributed by atoms with Crippen molar-refractivity contribution in [3.05, 3.63) is 338 Å². The van der Waals surface area contributed by atoms with Crippen LogP contribution in [-0.2, 0) is 12.8 Å². The second-order valence-electron chi connectivity index (χ2n) is 35.1. The summed E-state index contributed by atoms with van der Waals surface area (Å²) in [5, 5.41) is 33.3. The van der Waals surface area contributed by atoms with Crippen LogP contribution in [0.15, 0.2) is 189 Å². The van der Waals surface area contributed by atoms with Gasteiger partial charge in [0.1, 0.15) is 17.3 Å². The van der Waals surface area contributed by atoms with E-state index in [-0.39, 0.29) is 93.3 Å². The number of para-hydroxylation sites is 2. The zero-order chi connectivity index (χ0) is 95.4. The second-order valence-corrected chi connectivity index (χ2v) is 37.0. The van der Waals surface area contributed by atoms with Gasteiger partial charge in [-0.2, -0.15) is 20.4 Å². The zero-order valence-electron chi connectivity index (χ0n) is 75.9. The van der Waals surface area contributed by atoms with Crippen molar-refractivity contribution in [1.29, 1.82) is 0 Å². The molecule has 10 heterocycles. The molecule has 0 saturated heterocycles. The largest absolute Gasteiger partial charge is 0.493 e. The van der Waals surface area contributed by atoms with Gasteiger partial charge in [0, 0.05) is 71.0 Å². The molecule has 135 heavy (non-hydrogen) atoms. The standard InChI is InChI=1S/C26H24Cl2N4O2.C26H24Cl2N4O.C26H24ClFN4O.C26H23F3N4O2/c1-14(2)24-18(26(33)30-20-11-12-34-21-10-5-4-7-16(20)21)13-29-25-22(15(3)31-32(24)25)17-8-6-9-19(27)23(17)28;1-14(2)24-19(26(33)30-21-12-11-16-7-4-5-8-17(16)21)13-29-25-22(15(3)31-32(24)25)18-9-6-10-20(27)23(18)28;1-14(2)24-19(26(33)30-21-12-11-16-7-4-5-8-17(16)21)13-29-25-22(15(3)31-32(24)25)18-9-6-10-20(28)23(18)27;1-13(2)24-17(26(34)31-19-10-11-35-20-7-5-4-6-15(19)20)12-30-25-21(14(3)32-33(24)25)16-8-9-18(27)23(29)22(16)28/h4-10,13-14,20H,11-12H2,1-3H3,(H,30,33);2*4-10,13-14,21H,11-12H2,1-3H3,(H,30,33);4-9,12-13,19H,10-11H2,1-3H3,(H,31,34)/t20-;2*21-;19-/m0000/s1. The number of hydrogen-bond donors (Lipinski definition) is 4. The molecule has 2 aliphatic carbocycles. The van der Waals surface area contributed by atoms with Gasteiger partial charge < -0.3 is 30.7 Å². The summed E-state index contributed by atoms with van der Waals surface area (Å²) < 4.78 is 74.4. The van der Waals surface area contributed by atoms with Crippen LogP contribution in [0.5, 0.6) is 11.5 Å². The highest BCUT2D eigenvalue weighted by Gasteiger charge is 2.36. The third kappa shape index (κ3) is 18.0. The molecule has 4 N–H and O–H groups in total. The number of aromatic nitrogens is 12. The maximum absolute atomic E-state index is 14.6. The van der Waals surface area contributed by atoms with Crippen LogP contribution in [0, 0.1) is 51.0 Å². The van der Waals surface area contributed by atoms with E-state index in [4.69, 9.17) is 77.7 Å². The number of rotatable bonds is 16. The average Bonchev–Trinajstić information content (AvgIpc) is 1.61. The van der Waals surface area contributed by atoms with Gasteiger partial charge in [0.25, 0.3) is 23.6 Å². The SMILES string of the molecule is Cc1nn2c(C(C)C)c(C(=O)N[C@H]3CCOc4ccccc43)cnc2c1-c1ccc(F)c(F)c1F.Cc1nn2c(C(C)C)c(C(=O)N[C@H]3CCOc4ccccc43)cnc2c1-c1cccc(Cl)c1Cl.Cc1nn2c(C(C)C)c(C(=O)N[C@H]3CCc4ccccc43)cnc2c1-c1cccc(Cl)c1Cl.Cc1nn2c(C(C)C)c(C(=O)N[C@H]3CCc4ccccc43)cnc2c1-c1cccc(F)c1Cl. The summed E-state index contributed by atoms with van der Waals surface area (Å²) in [6.07, 6.45) is 11.3. The van der Waals surface area contributed by atoms with Gasteiger partial charge >= 0.3 is 0 Å². The van der Waals surface area contributed by atoms with Gasteiger partial charge in [-0.05, 0) is 142 Å². The molecule has 16 aromatic rings. The smallest absolute Gasteiger partial charge is 0.255 e. The van der Waals surface area contributed by atoms with E-state index in [0.717, 1.165) is 111 Å². The van der Waals surface area contributed by atoms with Gasteiger partial charge in [0.2, 0.25) is 0 Å². The van der Waals surface area contributed by atoms with Gasteiger partial charge in [-0.25, -0.2) is 55.6 Å². The number of hydrogen-bond acceptors (Lipinski definition) is 14. The minimum Gasteiger partial charge on any atom is -0.493 e. The minimum absolute atomic E-state index is 0.00208. The number of nitrogens with zero attached hydrogens (tertiary/aromatic N) is 12. The van der Waals surface area contributed by atoms with Crippen molar-refractivity contribution in [2.45, 2.75) is 169 Å². The van der Waals surface area contributed by atoms with Crippen LogP contribution in [0.1, 0.15) is 249 Å². The Hall–Kier alpha value is -13.1.